The Bertz CT molecular complexity index is 1600. The first-order valence-electron chi connectivity index (χ1n) is 12.9. The third-order valence-corrected chi connectivity index (χ3v) is 8.43. The first-order chi connectivity index (χ1) is 19.5. The van der Waals surface area contributed by atoms with Crippen molar-refractivity contribution in [3.8, 4) is 17.1 Å². The molecule has 5 rings (SSSR count). The minimum Gasteiger partial charge on any atom is -0.487 e. The van der Waals surface area contributed by atoms with Crippen LogP contribution in [0.1, 0.15) is 35.4 Å². The minimum atomic E-state index is -0.796. The van der Waals surface area contributed by atoms with Crippen molar-refractivity contribution < 1.29 is 14.6 Å². The highest BCUT2D eigenvalue weighted by Gasteiger charge is 2.19. The number of aryl methyl sites for hydroxylation is 1. The van der Waals surface area contributed by atoms with Gasteiger partial charge in [-0.25, -0.2) is 10.1 Å². The summed E-state index contributed by atoms with van der Waals surface area (Å²) in [5, 5.41) is 25.5. The summed E-state index contributed by atoms with van der Waals surface area (Å²) in [5.41, 5.74) is 4.79. The summed E-state index contributed by atoms with van der Waals surface area (Å²) < 4.78 is 6.13. The number of aromatic amines is 1. The lowest BCUT2D eigenvalue weighted by Crippen LogP contribution is -2.13. The third kappa shape index (κ3) is 6.97. The van der Waals surface area contributed by atoms with E-state index in [1.807, 2.05) is 66.7 Å². The molecule has 0 aliphatic heterocycles. The molecule has 2 aromatic heterocycles. The summed E-state index contributed by atoms with van der Waals surface area (Å²) in [4.78, 5) is 16.2. The second-order valence-corrected chi connectivity index (χ2v) is 11.2. The van der Waals surface area contributed by atoms with Gasteiger partial charge in [0.25, 0.3) is 0 Å². The molecule has 204 valence electrons. The number of carboxylic acids is 1. The highest BCUT2D eigenvalue weighted by molar-refractivity contribution is 7.99. The van der Waals surface area contributed by atoms with Crippen LogP contribution in [0, 0.1) is 5.92 Å². The Labute approximate surface area is 241 Å². The summed E-state index contributed by atoms with van der Waals surface area (Å²) in [6, 6.07) is 25.6. The van der Waals surface area contributed by atoms with Crippen molar-refractivity contribution in [2.45, 2.75) is 31.6 Å². The van der Waals surface area contributed by atoms with E-state index < -0.39 is 11.9 Å². The molecule has 0 saturated carbocycles. The van der Waals surface area contributed by atoms with Crippen LogP contribution in [0.2, 0.25) is 5.02 Å². The summed E-state index contributed by atoms with van der Waals surface area (Å²) >= 11 is 7.79. The lowest BCUT2D eigenvalue weighted by molar-refractivity contribution is -0.140. The highest BCUT2D eigenvalue weighted by Crippen LogP contribution is 2.37. The van der Waals surface area contributed by atoms with Crippen molar-refractivity contribution in [2.75, 3.05) is 5.75 Å². The van der Waals surface area contributed by atoms with Gasteiger partial charge in [0.1, 0.15) is 12.4 Å². The Morgan fingerprint density at radius 2 is 1.93 bits per heavy atom. The average molecular weight is 574 g/mol. The average Bonchev–Trinajstić information content (AvgIpc) is 3.51. The van der Waals surface area contributed by atoms with Gasteiger partial charge in [-0.05, 0) is 64.7 Å². The number of aromatic nitrogens is 5. The largest absolute Gasteiger partial charge is 0.487 e. The van der Waals surface area contributed by atoms with E-state index in [1.165, 1.54) is 0 Å². The maximum atomic E-state index is 11.5. The van der Waals surface area contributed by atoms with Crippen LogP contribution in [0.3, 0.4) is 0 Å². The molecule has 40 heavy (non-hydrogen) atoms. The number of benzene rings is 3. The van der Waals surface area contributed by atoms with Gasteiger partial charge >= 0.3 is 5.97 Å². The fourth-order valence-electron chi connectivity index (χ4n) is 4.38. The lowest BCUT2D eigenvalue weighted by atomic mass is 9.99. The summed E-state index contributed by atoms with van der Waals surface area (Å²) in [6.45, 7) is 2.06. The molecule has 0 fully saturated rings. The lowest BCUT2D eigenvalue weighted by Gasteiger charge is -2.20. The van der Waals surface area contributed by atoms with Gasteiger partial charge < -0.3 is 9.84 Å². The number of aliphatic carboxylic acids is 1. The number of ether oxygens (including phenoxy) is 1. The number of pyridine rings is 1. The van der Waals surface area contributed by atoms with E-state index in [0.29, 0.717) is 23.2 Å². The topological polar surface area (TPSA) is 114 Å². The van der Waals surface area contributed by atoms with Crippen LogP contribution in [-0.2, 0) is 17.8 Å². The Balaban J connectivity index is 1.32. The zero-order chi connectivity index (χ0) is 27.9. The molecule has 0 radical (unpaired) electrons. The molecule has 8 nitrogen and oxygen atoms in total. The van der Waals surface area contributed by atoms with Crippen LogP contribution in [0.5, 0.6) is 5.75 Å². The molecule has 3 aromatic carbocycles. The van der Waals surface area contributed by atoms with Crippen LogP contribution in [-0.4, -0.2) is 42.4 Å². The third-order valence-electron chi connectivity index (χ3n) is 6.59. The standard InChI is InChI=1S/C30H28ClN5O3S/c1-19(30(37)38)18-40-28(14-11-20-5-2-3-8-26(20)29-33-35-36-34-29)22-6-4-7-25(15-22)39-17-24-13-10-21-9-12-23(31)16-27(21)32-24/h2-10,12-13,15-16,19,28H,11,14,17-18H2,1H3,(H,37,38)(H,33,34,35,36). The molecule has 0 spiro atoms. The normalized spacial score (nSPS) is 12.8. The van der Waals surface area contributed by atoms with Crippen molar-refractivity contribution in [3.63, 3.8) is 0 Å². The number of nitrogens with zero attached hydrogens (tertiary/aromatic N) is 4. The smallest absolute Gasteiger partial charge is 0.307 e. The van der Waals surface area contributed by atoms with Gasteiger partial charge in [-0.15, -0.1) is 5.10 Å². The zero-order valence-corrected chi connectivity index (χ0v) is 23.4. The number of fused-ring (bicyclic) bond motifs is 1. The summed E-state index contributed by atoms with van der Waals surface area (Å²) in [5.74, 6) is 0.611. The van der Waals surface area contributed by atoms with Crippen molar-refractivity contribution in [1.29, 1.82) is 0 Å². The van der Waals surface area contributed by atoms with Crippen LogP contribution in [0.25, 0.3) is 22.3 Å². The number of hydrogen-bond acceptors (Lipinski definition) is 7. The molecule has 10 heteroatoms. The van der Waals surface area contributed by atoms with Crippen LogP contribution in [0.4, 0.5) is 0 Å². The minimum absolute atomic E-state index is 0.0622. The van der Waals surface area contributed by atoms with Gasteiger partial charge in [-0.2, -0.15) is 11.8 Å². The van der Waals surface area contributed by atoms with Gasteiger partial charge in [0.2, 0.25) is 0 Å². The van der Waals surface area contributed by atoms with Gasteiger partial charge in [-0.1, -0.05) is 67.1 Å². The fraction of sp³-hybridized carbons (Fsp3) is 0.233. The van der Waals surface area contributed by atoms with Crippen LogP contribution in [0.15, 0.2) is 78.9 Å². The molecule has 0 bridgehead atoms. The molecule has 0 saturated heterocycles. The number of hydrogen-bond donors (Lipinski definition) is 2. The second kappa shape index (κ2) is 12.9. The molecule has 0 amide bonds. The Hall–Kier alpha value is -3.95. The molecule has 2 unspecified atom stereocenters. The fourth-order valence-corrected chi connectivity index (χ4v) is 5.84. The van der Waals surface area contributed by atoms with Gasteiger partial charge in [0, 0.05) is 27.0 Å². The number of H-pyrrole nitrogens is 1. The van der Waals surface area contributed by atoms with E-state index in [2.05, 4.69) is 37.7 Å². The quantitative estimate of drug-likeness (QED) is 0.168. The Kier molecular flexibility index (Phi) is 8.93. The predicted octanol–water partition coefficient (Wildman–Crippen LogP) is 6.78. The molecule has 0 aliphatic carbocycles. The van der Waals surface area contributed by atoms with Crippen molar-refractivity contribution >= 4 is 40.2 Å². The molecule has 5 aromatic rings. The number of carboxylic acid groups (broad SMARTS) is 1. The summed E-state index contributed by atoms with van der Waals surface area (Å²) in [7, 11) is 0. The number of tetrazole rings is 1. The maximum Gasteiger partial charge on any atom is 0.307 e. The summed E-state index contributed by atoms with van der Waals surface area (Å²) in [6.07, 6.45) is 1.57. The van der Waals surface area contributed by atoms with Crippen molar-refractivity contribution in [3.05, 3.63) is 101 Å². The van der Waals surface area contributed by atoms with E-state index in [-0.39, 0.29) is 5.25 Å². The van der Waals surface area contributed by atoms with Gasteiger partial charge in [0.15, 0.2) is 5.82 Å². The van der Waals surface area contributed by atoms with Crippen LogP contribution < -0.4 is 4.74 Å². The monoisotopic (exact) mass is 573 g/mol. The van der Waals surface area contributed by atoms with Crippen molar-refractivity contribution in [1.82, 2.24) is 25.6 Å². The Morgan fingerprint density at radius 3 is 2.75 bits per heavy atom. The van der Waals surface area contributed by atoms with E-state index in [4.69, 9.17) is 16.3 Å². The Morgan fingerprint density at radius 1 is 1.07 bits per heavy atom. The molecule has 0 aliphatic rings. The number of thioether (sulfide) groups is 1. The SMILES string of the molecule is CC(CSC(CCc1ccccc1-c1nnn[nH]1)c1cccc(OCc2ccc3ccc(Cl)cc3n2)c1)C(=O)O. The van der Waals surface area contributed by atoms with E-state index in [9.17, 15) is 9.90 Å². The van der Waals surface area contributed by atoms with Gasteiger partial charge in [0.05, 0.1) is 17.1 Å². The first-order valence-corrected chi connectivity index (χ1v) is 14.3. The van der Waals surface area contributed by atoms with Crippen molar-refractivity contribution in [2.24, 2.45) is 5.92 Å². The number of carbonyl (C=O) groups is 1. The maximum absolute atomic E-state index is 11.5. The zero-order valence-electron chi connectivity index (χ0n) is 21.8. The molecule has 2 atom stereocenters. The number of nitrogens with one attached hydrogen (secondary N) is 1. The number of halogens is 1. The van der Waals surface area contributed by atoms with Crippen LogP contribution >= 0.6 is 23.4 Å². The molecule has 2 N–H and O–H groups in total. The predicted molar refractivity (Wildman–Crippen MR) is 157 cm³/mol. The van der Waals surface area contributed by atoms with E-state index in [1.54, 1.807) is 18.7 Å². The second-order valence-electron chi connectivity index (χ2n) is 9.51. The molecular formula is C30H28ClN5O3S. The van der Waals surface area contributed by atoms with Gasteiger partial charge in [-0.3, -0.25) is 4.79 Å². The molecular weight excluding hydrogens is 546 g/mol. The van der Waals surface area contributed by atoms with E-state index in [0.717, 1.165) is 51.9 Å². The highest BCUT2D eigenvalue weighted by atomic mass is 35.5. The number of rotatable bonds is 12. The first kappa shape index (κ1) is 27.6. The van der Waals surface area contributed by atoms with E-state index >= 15 is 0 Å². The molecule has 2 heterocycles.